The molecule has 0 amide bonds. The van der Waals surface area contributed by atoms with Gasteiger partial charge >= 0.3 is 0 Å². The highest BCUT2D eigenvalue weighted by molar-refractivity contribution is 5.79. The second kappa shape index (κ2) is 6.66. The van der Waals surface area contributed by atoms with Gasteiger partial charge in [-0.3, -0.25) is 0 Å². The van der Waals surface area contributed by atoms with Crippen LogP contribution in [0.5, 0.6) is 0 Å². The zero-order chi connectivity index (χ0) is 10.8. The lowest BCUT2D eigenvalue weighted by atomic mass is 10.3. The predicted octanol–water partition coefficient (Wildman–Crippen LogP) is -5.89. The summed E-state index contributed by atoms with van der Waals surface area (Å²) < 4.78 is 1.79. The minimum absolute atomic E-state index is 0. The number of benzene rings is 1. The highest BCUT2D eigenvalue weighted by Gasteiger charge is 2.09. The number of hydrogen-bond donors (Lipinski definition) is 3. The number of aromatic nitrogens is 2. The molecule has 5 nitrogen and oxygen atoms in total. The van der Waals surface area contributed by atoms with E-state index in [-0.39, 0.29) is 38.0 Å². The molecular weight excluding hydrogens is 265 g/mol. The number of anilines is 1. The van der Waals surface area contributed by atoms with Crippen molar-refractivity contribution in [3.05, 3.63) is 24.0 Å². The molecule has 4 N–H and O–H groups in total. The fourth-order valence-corrected chi connectivity index (χ4v) is 1.67. The van der Waals surface area contributed by atoms with Crippen LogP contribution in [0.25, 0.3) is 11.0 Å². The summed E-state index contributed by atoms with van der Waals surface area (Å²) in [6, 6.07) is 5.37. The second-order valence-corrected chi connectivity index (χ2v) is 3.31. The SMILES string of the molecule is Nc1ccc2c(c1)nc(CO)n2CCO.[Cl-].[Cl-]. The molecule has 17 heavy (non-hydrogen) atoms. The third kappa shape index (κ3) is 3.01. The highest BCUT2D eigenvalue weighted by Crippen LogP contribution is 2.18. The van der Waals surface area contributed by atoms with Gasteiger partial charge in [0, 0.05) is 12.2 Å². The summed E-state index contributed by atoms with van der Waals surface area (Å²) in [5.74, 6) is 0.546. The zero-order valence-electron chi connectivity index (χ0n) is 8.98. The van der Waals surface area contributed by atoms with Gasteiger partial charge in [-0.1, -0.05) is 0 Å². The molecule has 0 aliphatic carbocycles. The third-order valence-electron chi connectivity index (χ3n) is 2.32. The van der Waals surface area contributed by atoms with Gasteiger partial charge in [-0.25, -0.2) is 4.98 Å². The number of aliphatic hydroxyl groups excluding tert-OH is 2. The molecule has 1 heterocycles. The minimum Gasteiger partial charge on any atom is -1.00 e. The van der Waals surface area contributed by atoms with Gasteiger partial charge in [0.15, 0.2) is 0 Å². The van der Waals surface area contributed by atoms with Crippen LogP contribution in [0.2, 0.25) is 0 Å². The second-order valence-electron chi connectivity index (χ2n) is 3.31. The molecule has 96 valence electrons. The molecule has 0 atom stereocenters. The summed E-state index contributed by atoms with van der Waals surface area (Å²) in [6.07, 6.45) is 0. The van der Waals surface area contributed by atoms with Crippen molar-refractivity contribution in [2.75, 3.05) is 12.3 Å². The first-order chi connectivity index (χ1) is 7.26. The van der Waals surface area contributed by atoms with Crippen LogP contribution < -0.4 is 30.5 Å². The molecule has 1 aromatic carbocycles. The molecule has 0 saturated heterocycles. The van der Waals surface area contributed by atoms with Crippen LogP contribution in [-0.2, 0) is 13.2 Å². The summed E-state index contributed by atoms with van der Waals surface area (Å²) in [7, 11) is 0. The predicted molar refractivity (Wildman–Crippen MR) is 57.2 cm³/mol. The molecule has 0 aliphatic rings. The van der Waals surface area contributed by atoms with E-state index in [9.17, 15) is 0 Å². The van der Waals surface area contributed by atoms with E-state index in [0.717, 1.165) is 11.0 Å². The Balaban J connectivity index is 0.00000128. The number of imidazole rings is 1. The quantitative estimate of drug-likeness (QED) is 0.488. The Morgan fingerprint density at radius 2 is 1.94 bits per heavy atom. The average molecular weight is 278 g/mol. The van der Waals surface area contributed by atoms with Gasteiger partial charge < -0.3 is 45.3 Å². The maximum atomic E-state index is 9.12. The monoisotopic (exact) mass is 277 g/mol. The van der Waals surface area contributed by atoms with E-state index in [1.807, 2.05) is 6.07 Å². The lowest BCUT2D eigenvalue weighted by Gasteiger charge is -2.04. The minimum atomic E-state index is -0.144. The Bertz CT molecular complexity index is 488. The standard InChI is InChI=1S/C10H13N3O2.2ClH/c11-7-1-2-9-8(5-7)12-10(6-15)13(9)3-4-14;;/h1-2,5,14-15H,3-4,6,11H2;2*1H/p-2. The van der Waals surface area contributed by atoms with Crippen LogP contribution in [0.1, 0.15) is 5.82 Å². The van der Waals surface area contributed by atoms with E-state index >= 15 is 0 Å². The number of rotatable bonds is 3. The first kappa shape index (κ1) is 16.0. The Labute approximate surface area is 111 Å². The molecule has 0 fully saturated rings. The van der Waals surface area contributed by atoms with Gasteiger partial charge in [0.1, 0.15) is 12.4 Å². The lowest BCUT2D eigenvalue weighted by Crippen LogP contribution is -3.00. The zero-order valence-corrected chi connectivity index (χ0v) is 10.5. The van der Waals surface area contributed by atoms with Gasteiger partial charge in [0.2, 0.25) is 0 Å². The molecule has 1 aromatic heterocycles. The Morgan fingerprint density at radius 3 is 2.53 bits per heavy atom. The summed E-state index contributed by atoms with van der Waals surface area (Å²) in [5, 5.41) is 18.0. The molecule has 0 unspecified atom stereocenters. The lowest BCUT2D eigenvalue weighted by molar-refractivity contribution is -0.001000. The van der Waals surface area contributed by atoms with E-state index < -0.39 is 0 Å². The van der Waals surface area contributed by atoms with Crippen molar-refractivity contribution >= 4 is 16.7 Å². The van der Waals surface area contributed by atoms with Gasteiger partial charge in [-0.05, 0) is 18.2 Å². The number of hydrogen-bond acceptors (Lipinski definition) is 4. The molecule has 0 spiro atoms. The molecule has 2 aromatic rings. The maximum absolute atomic E-state index is 9.12. The van der Waals surface area contributed by atoms with E-state index in [0.29, 0.717) is 18.1 Å². The molecule has 0 radical (unpaired) electrons. The fraction of sp³-hybridized carbons (Fsp3) is 0.300. The highest BCUT2D eigenvalue weighted by atomic mass is 35.5. The topological polar surface area (TPSA) is 84.3 Å². The van der Waals surface area contributed by atoms with Gasteiger partial charge in [-0.15, -0.1) is 0 Å². The van der Waals surface area contributed by atoms with E-state index in [1.54, 1.807) is 16.7 Å². The number of nitrogen functional groups attached to an aromatic ring is 1. The largest absolute Gasteiger partial charge is 1.00 e. The summed E-state index contributed by atoms with van der Waals surface area (Å²) in [5.41, 5.74) is 7.90. The van der Waals surface area contributed by atoms with E-state index in [1.165, 1.54) is 0 Å². The van der Waals surface area contributed by atoms with Gasteiger partial charge in [0.05, 0.1) is 17.6 Å². The fourth-order valence-electron chi connectivity index (χ4n) is 1.67. The van der Waals surface area contributed by atoms with Crippen molar-refractivity contribution in [3.8, 4) is 0 Å². The van der Waals surface area contributed by atoms with Crippen molar-refractivity contribution in [1.29, 1.82) is 0 Å². The normalized spacial score (nSPS) is 9.76. The maximum Gasteiger partial charge on any atom is 0.135 e. The molecule has 0 bridgehead atoms. The Hall–Kier alpha value is -1.01. The Morgan fingerprint density at radius 1 is 1.24 bits per heavy atom. The molecular formula is C10H13Cl2N3O2-2. The average Bonchev–Trinajstić information content (AvgIpc) is 2.56. The number of nitrogens with zero attached hydrogens (tertiary/aromatic N) is 2. The first-order valence-electron chi connectivity index (χ1n) is 4.72. The number of fused-ring (bicyclic) bond motifs is 1. The number of nitrogens with two attached hydrogens (primary N) is 1. The first-order valence-corrected chi connectivity index (χ1v) is 4.72. The molecule has 0 aliphatic heterocycles. The summed E-state index contributed by atoms with van der Waals surface area (Å²) in [6.45, 7) is 0.299. The van der Waals surface area contributed by atoms with Crippen molar-refractivity contribution in [2.45, 2.75) is 13.2 Å². The third-order valence-corrected chi connectivity index (χ3v) is 2.32. The summed E-state index contributed by atoms with van der Waals surface area (Å²) in [4.78, 5) is 4.23. The van der Waals surface area contributed by atoms with Crippen molar-refractivity contribution in [2.24, 2.45) is 0 Å². The van der Waals surface area contributed by atoms with Crippen LogP contribution in [-0.4, -0.2) is 26.4 Å². The molecule has 2 rings (SSSR count). The van der Waals surface area contributed by atoms with Crippen LogP contribution in [0, 0.1) is 0 Å². The van der Waals surface area contributed by atoms with Crippen LogP contribution in [0.4, 0.5) is 5.69 Å². The molecule has 0 saturated carbocycles. The van der Waals surface area contributed by atoms with Crippen molar-refractivity contribution < 1.29 is 35.0 Å². The van der Waals surface area contributed by atoms with Gasteiger partial charge in [-0.2, -0.15) is 0 Å². The van der Waals surface area contributed by atoms with Crippen LogP contribution in [0.15, 0.2) is 18.2 Å². The van der Waals surface area contributed by atoms with E-state index in [2.05, 4.69) is 4.98 Å². The van der Waals surface area contributed by atoms with Crippen LogP contribution in [0.3, 0.4) is 0 Å². The molecule has 7 heteroatoms. The van der Waals surface area contributed by atoms with Crippen molar-refractivity contribution in [1.82, 2.24) is 9.55 Å². The summed E-state index contributed by atoms with van der Waals surface area (Å²) >= 11 is 0. The number of aliphatic hydroxyl groups is 2. The Kier molecular flexibility index (Phi) is 6.26. The van der Waals surface area contributed by atoms with E-state index in [4.69, 9.17) is 15.9 Å². The van der Waals surface area contributed by atoms with Crippen molar-refractivity contribution in [3.63, 3.8) is 0 Å². The van der Waals surface area contributed by atoms with Gasteiger partial charge in [0.25, 0.3) is 0 Å². The number of halogens is 2. The van der Waals surface area contributed by atoms with Crippen LogP contribution >= 0.6 is 0 Å². The smallest absolute Gasteiger partial charge is 0.135 e.